The zero-order chi connectivity index (χ0) is 26.3. The van der Waals surface area contributed by atoms with Crippen molar-refractivity contribution >= 4 is 45.0 Å². The summed E-state index contributed by atoms with van der Waals surface area (Å²) in [5, 5.41) is 5.96. The number of nitrogens with two attached hydrogens (primary N) is 2. The van der Waals surface area contributed by atoms with Crippen molar-refractivity contribution in [3.8, 4) is 5.69 Å². The standard InChI is InChI=1S/C34H32N4/c1-2-28-32(37-26-15-7-6-8-16-26)22-21-30-29-18-10-11-20-33(29)38(34(28)30)27-17-13-14-25(24-27)31(36)19-9-4-3-5-12-23-35/h2-3,5-8,10-24,37H,1,4,9,35-36H2/b5-3-,23-12-,31-19-. The van der Waals surface area contributed by atoms with Gasteiger partial charge in [-0.05, 0) is 67.1 Å². The van der Waals surface area contributed by atoms with Gasteiger partial charge < -0.3 is 21.4 Å². The number of hydrogen-bond acceptors (Lipinski definition) is 3. The van der Waals surface area contributed by atoms with Gasteiger partial charge in [0.2, 0.25) is 0 Å². The van der Waals surface area contributed by atoms with Crippen LogP contribution in [0.3, 0.4) is 0 Å². The maximum absolute atomic E-state index is 6.52. The molecule has 0 saturated carbocycles. The molecule has 0 aliphatic rings. The molecule has 0 amide bonds. The Hall–Kier alpha value is -4.96. The highest BCUT2D eigenvalue weighted by molar-refractivity contribution is 6.13. The van der Waals surface area contributed by atoms with Gasteiger partial charge in [-0.1, -0.05) is 85.5 Å². The highest BCUT2D eigenvalue weighted by atomic mass is 15.0. The first-order valence-corrected chi connectivity index (χ1v) is 12.8. The lowest BCUT2D eigenvalue weighted by atomic mass is 10.1. The molecule has 0 aliphatic carbocycles. The van der Waals surface area contributed by atoms with Crippen molar-refractivity contribution in [1.82, 2.24) is 4.57 Å². The third-order valence-electron chi connectivity index (χ3n) is 6.63. The molecule has 1 aromatic heterocycles. The van der Waals surface area contributed by atoms with E-state index in [0.29, 0.717) is 0 Å². The summed E-state index contributed by atoms with van der Waals surface area (Å²) in [6.07, 6.45) is 13.2. The Kier molecular flexibility index (Phi) is 7.42. The number of fused-ring (bicyclic) bond motifs is 3. The lowest BCUT2D eigenvalue weighted by molar-refractivity contribution is 1.05. The second-order valence-electron chi connectivity index (χ2n) is 9.07. The van der Waals surface area contributed by atoms with Crippen molar-refractivity contribution in [1.29, 1.82) is 0 Å². The molecule has 0 fully saturated rings. The third-order valence-corrected chi connectivity index (χ3v) is 6.63. The van der Waals surface area contributed by atoms with Crippen molar-refractivity contribution in [3.05, 3.63) is 139 Å². The van der Waals surface area contributed by atoms with Crippen LogP contribution in [0.25, 0.3) is 39.3 Å². The number of nitrogens with one attached hydrogen (secondary N) is 1. The number of benzene rings is 4. The summed E-state index contributed by atoms with van der Waals surface area (Å²) in [6.45, 7) is 4.20. The molecule has 188 valence electrons. The maximum Gasteiger partial charge on any atom is 0.0634 e. The van der Waals surface area contributed by atoms with Gasteiger partial charge in [-0.2, -0.15) is 0 Å². The van der Waals surface area contributed by atoms with Crippen LogP contribution in [-0.2, 0) is 0 Å². The van der Waals surface area contributed by atoms with Crippen LogP contribution in [0, 0.1) is 0 Å². The van der Waals surface area contributed by atoms with Crippen LogP contribution in [0.15, 0.2) is 128 Å². The lowest BCUT2D eigenvalue weighted by Gasteiger charge is -2.15. The third kappa shape index (κ3) is 4.97. The van der Waals surface area contributed by atoms with Gasteiger partial charge in [-0.3, -0.25) is 0 Å². The Balaban J connectivity index is 1.62. The molecule has 1 heterocycles. The molecule has 4 nitrogen and oxygen atoms in total. The Morgan fingerprint density at radius 3 is 2.47 bits per heavy atom. The molecule has 38 heavy (non-hydrogen) atoms. The van der Waals surface area contributed by atoms with Crippen LogP contribution >= 0.6 is 0 Å². The van der Waals surface area contributed by atoms with E-state index in [4.69, 9.17) is 11.5 Å². The Labute approximate surface area is 223 Å². The van der Waals surface area contributed by atoms with E-state index >= 15 is 0 Å². The minimum atomic E-state index is 0.769. The second-order valence-corrected chi connectivity index (χ2v) is 9.07. The fourth-order valence-corrected chi connectivity index (χ4v) is 4.86. The van der Waals surface area contributed by atoms with E-state index in [1.54, 1.807) is 0 Å². The summed E-state index contributed by atoms with van der Waals surface area (Å²) >= 11 is 0. The molecule has 0 aliphatic heterocycles. The molecule has 0 unspecified atom stereocenters. The first kappa shape index (κ1) is 24.7. The van der Waals surface area contributed by atoms with Gasteiger partial charge in [0.15, 0.2) is 0 Å². The fourth-order valence-electron chi connectivity index (χ4n) is 4.86. The SMILES string of the molecule is C=Cc1c(Nc2ccccc2)ccc2c3ccccc3n(-c3cccc(/C(N)=C/CC/C=C\C=C/N)c3)c12. The van der Waals surface area contributed by atoms with Gasteiger partial charge in [0, 0.05) is 39.1 Å². The van der Waals surface area contributed by atoms with E-state index in [0.717, 1.165) is 57.8 Å². The number of aromatic nitrogens is 1. The van der Waals surface area contributed by atoms with E-state index in [2.05, 4.69) is 101 Å². The quantitative estimate of drug-likeness (QED) is 0.142. The first-order chi connectivity index (χ1) is 18.7. The summed E-state index contributed by atoms with van der Waals surface area (Å²) in [7, 11) is 0. The molecule has 4 aromatic carbocycles. The number of allylic oxidation sites excluding steroid dienone is 4. The van der Waals surface area contributed by atoms with Crippen LogP contribution in [-0.4, -0.2) is 4.57 Å². The molecule has 0 bridgehead atoms. The van der Waals surface area contributed by atoms with Crippen molar-refractivity contribution in [2.75, 3.05) is 5.32 Å². The summed E-state index contributed by atoms with van der Waals surface area (Å²) in [5.41, 5.74) is 20.1. The average molecular weight is 497 g/mol. The molecule has 5 aromatic rings. The molecular weight excluding hydrogens is 464 g/mol. The molecule has 0 radical (unpaired) electrons. The lowest BCUT2D eigenvalue weighted by Crippen LogP contribution is -2.01. The van der Waals surface area contributed by atoms with Gasteiger partial charge in [0.25, 0.3) is 0 Å². The van der Waals surface area contributed by atoms with Crippen LogP contribution in [0.5, 0.6) is 0 Å². The highest BCUT2D eigenvalue weighted by Crippen LogP contribution is 2.38. The highest BCUT2D eigenvalue weighted by Gasteiger charge is 2.17. The molecule has 0 spiro atoms. The first-order valence-electron chi connectivity index (χ1n) is 12.8. The summed E-state index contributed by atoms with van der Waals surface area (Å²) in [5.74, 6) is 0. The summed E-state index contributed by atoms with van der Waals surface area (Å²) < 4.78 is 2.32. The smallest absolute Gasteiger partial charge is 0.0634 e. The number of nitrogens with zero attached hydrogens (tertiary/aromatic N) is 1. The van der Waals surface area contributed by atoms with Gasteiger partial charge >= 0.3 is 0 Å². The van der Waals surface area contributed by atoms with Crippen molar-refractivity contribution in [2.45, 2.75) is 12.8 Å². The molecule has 4 heteroatoms. The van der Waals surface area contributed by atoms with Gasteiger partial charge in [0.1, 0.15) is 0 Å². The maximum atomic E-state index is 6.52. The zero-order valence-electron chi connectivity index (χ0n) is 21.3. The Bertz CT molecular complexity index is 1670. The normalized spacial score (nSPS) is 12.2. The van der Waals surface area contributed by atoms with Crippen molar-refractivity contribution in [2.24, 2.45) is 11.5 Å². The van der Waals surface area contributed by atoms with Gasteiger partial charge in [0.05, 0.1) is 11.0 Å². The van der Waals surface area contributed by atoms with E-state index < -0.39 is 0 Å². The average Bonchev–Trinajstić information content (AvgIpc) is 3.30. The minimum absolute atomic E-state index is 0.769. The van der Waals surface area contributed by atoms with E-state index in [1.165, 1.54) is 17.0 Å². The second kappa shape index (κ2) is 11.4. The van der Waals surface area contributed by atoms with Crippen molar-refractivity contribution < 1.29 is 0 Å². The van der Waals surface area contributed by atoms with Gasteiger partial charge in [-0.25, -0.2) is 0 Å². The number of rotatable bonds is 9. The number of anilines is 2. The zero-order valence-corrected chi connectivity index (χ0v) is 21.3. The van der Waals surface area contributed by atoms with Crippen LogP contribution in [0.4, 0.5) is 11.4 Å². The summed E-state index contributed by atoms with van der Waals surface area (Å²) in [4.78, 5) is 0. The number of para-hydroxylation sites is 2. The fraction of sp³-hybridized carbons (Fsp3) is 0.0588. The van der Waals surface area contributed by atoms with Crippen molar-refractivity contribution in [3.63, 3.8) is 0 Å². The molecule has 5 N–H and O–H groups in total. The predicted octanol–water partition coefficient (Wildman–Crippen LogP) is 8.28. The number of hydrogen-bond donors (Lipinski definition) is 3. The predicted molar refractivity (Wildman–Crippen MR) is 164 cm³/mol. The van der Waals surface area contributed by atoms with Crippen LogP contribution in [0.2, 0.25) is 0 Å². The largest absolute Gasteiger partial charge is 0.405 e. The minimum Gasteiger partial charge on any atom is -0.405 e. The van der Waals surface area contributed by atoms with Crippen LogP contribution < -0.4 is 16.8 Å². The topological polar surface area (TPSA) is 69.0 Å². The molecule has 5 rings (SSSR count). The summed E-state index contributed by atoms with van der Waals surface area (Å²) in [6, 6.07) is 31.5. The van der Waals surface area contributed by atoms with Gasteiger partial charge in [-0.15, -0.1) is 0 Å². The number of unbranched alkanes of at least 4 members (excludes halogenated alkanes) is 1. The molecule has 0 atom stereocenters. The monoisotopic (exact) mass is 496 g/mol. The Morgan fingerprint density at radius 1 is 0.842 bits per heavy atom. The van der Waals surface area contributed by atoms with E-state index in [1.807, 2.05) is 36.4 Å². The van der Waals surface area contributed by atoms with E-state index in [-0.39, 0.29) is 0 Å². The van der Waals surface area contributed by atoms with Crippen LogP contribution in [0.1, 0.15) is 24.0 Å². The van der Waals surface area contributed by atoms with E-state index in [9.17, 15) is 0 Å². The molecule has 0 saturated heterocycles. The Morgan fingerprint density at radius 2 is 1.66 bits per heavy atom. The molecular formula is C34H32N4.